The van der Waals surface area contributed by atoms with Crippen LogP contribution in [-0.2, 0) is 19.5 Å². The summed E-state index contributed by atoms with van der Waals surface area (Å²) in [6.45, 7) is 1.75. The van der Waals surface area contributed by atoms with Gasteiger partial charge in [-0.2, -0.15) is 5.10 Å². The number of carbonyl (C=O) groups is 1. The minimum Gasteiger partial charge on any atom is -0.338 e. The fraction of sp³-hybridized carbons (Fsp3) is 0.467. The highest BCUT2D eigenvalue weighted by Gasteiger charge is 2.16. The first-order valence-corrected chi connectivity index (χ1v) is 7.85. The van der Waals surface area contributed by atoms with Gasteiger partial charge in [0.1, 0.15) is 5.82 Å². The minimum absolute atomic E-state index is 0.0408. The highest BCUT2D eigenvalue weighted by molar-refractivity contribution is 5.88. The van der Waals surface area contributed by atoms with Crippen LogP contribution >= 0.6 is 0 Å². The van der Waals surface area contributed by atoms with Crippen molar-refractivity contribution < 1.29 is 4.79 Å². The van der Waals surface area contributed by atoms with Gasteiger partial charge in [0.2, 0.25) is 0 Å². The minimum atomic E-state index is -0.271. The van der Waals surface area contributed by atoms with Gasteiger partial charge < -0.3 is 10.6 Å². The Labute approximate surface area is 133 Å². The van der Waals surface area contributed by atoms with Crippen LogP contribution in [-0.4, -0.2) is 31.9 Å². The van der Waals surface area contributed by atoms with E-state index in [1.165, 1.54) is 4.68 Å². The average Bonchev–Trinajstić information content (AvgIpc) is 2.89. The van der Waals surface area contributed by atoms with Crippen LogP contribution in [0.1, 0.15) is 25.1 Å². The van der Waals surface area contributed by atoms with Crippen LogP contribution in [0.25, 0.3) is 0 Å². The summed E-state index contributed by atoms with van der Waals surface area (Å²) in [6.07, 6.45) is 6.88. The van der Waals surface area contributed by atoms with Crippen molar-refractivity contribution in [3.63, 3.8) is 0 Å². The lowest BCUT2D eigenvalue weighted by atomic mass is 10.2. The van der Waals surface area contributed by atoms with Crippen molar-refractivity contribution in [2.24, 2.45) is 0 Å². The number of fused-ring (bicyclic) bond motifs is 1. The van der Waals surface area contributed by atoms with Gasteiger partial charge in [-0.05, 0) is 31.4 Å². The van der Waals surface area contributed by atoms with Crippen molar-refractivity contribution in [1.82, 2.24) is 24.6 Å². The number of aromatic nitrogens is 4. The van der Waals surface area contributed by atoms with Crippen LogP contribution in [0.4, 0.5) is 10.5 Å². The molecule has 122 valence electrons. The van der Waals surface area contributed by atoms with Crippen LogP contribution in [0.15, 0.2) is 29.3 Å². The predicted octanol–water partition coefficient (Wildman–Crippen LogP) is 0.988. The molecular formula is C15H20N6O2. The normalized spacial score (nSPS) is 13.4. The highest BCUT2D eigenvalue weighted by atomic mass is 16.2. The lowest BCUT2D eigenvalue weighted by Crippen LogP contribution is -2.31. The van der Waals surface area contributed by atoms with Gasteiger partial charge in [-0.15, -0.1) is 0 Å². The molecule has 0 aliphatic carbocycles. The number of aryl methyl sites for hydroxylation is 2. The van der Waals surface area contributed by atoms with Gasteiger partial charge >= 0.3 is 11.7 Å². The molecule has 0 fully saturated rings. The molecule has 8 nitrogen and oxygen atoms in total. The summed E-state index contributed by atoms with van der Waals surface area (Å²) in [6, 6.07) is 3.16. The SMILES string of the molecule is O=C(NCCCn1nc2n(c1=O)CCCC2)Nc1ccncc1. The molecule has 0 saturated heterocycles. The summed E-state index contributed by atoms with van der Waals surface area (Å²) in [5.74, 6) is 0.879. The molecule has 0 unspecified atom stereocenters. The number of pyridine rings is 1. The van der Waals surface area contributed by atoms with Crippen molar-refractivity contribution in [2.45, 2.75) is 38.8 Å². The molecule has 1 aliphatic rings. The van der Waals surface area contributed by atoms with E-state index in [1.807, 2.05) is 0 Å². The fourth-order valence-corrected chi connectivity index (χ4v) is 2.64. The highest BCUT2D eigenvalue weighted by Crippen LogP contribution is 2.09. The first-order valence-electron chi connectivity index (χ1n) is 7.85. The summed E-state index contributed by atoms with van der Waals surface area (Å²) in [7, 11) is 0. The average molecular weight is 316 g/mol. The lowest BCUT2D eigenvalue weighted by molar-refractivity contribution is 0.251. The standard InChI is InChI=1S/C15H20N6O2/c22-14(18-12-5-8-16-9-6-12)17-7-3-11-21-15(23)20-10-2-1-4-13(20)19-21/h5-6,8-9H,1-4,7,10-11H2,(H2,16,17,18,22). The van der Waals surface area contributed by atoms with E-state index in [0.717, 1.165) is 31.6 Å². The second kappa shape index (κ2) is 7.08. The van der Waals surface area contributed by atoms with E-state index < -0.39 is 0 Å². The van der Waals surface area contributed by atoms with Crippen molar-refractivity contribution >= 4 is 11.7 Å². The van der Waals surface area contributed by atoms with Crippen molar-refractivity contribution in [2.75, 3.05) is 11.9 Å². The molecule has 3 heterocycles. The molecule has 8 heteroatoms. The first kappa shape index (κ1) is 15.3. The molecule has 0 atom stereocenters. The van der Waals surface area contributed by atoms with E-state index in [-0.39, 0.29) is 11.7 Å². The summed E-state index contributed by atoms with van der Waals surface area (Å²) < 4.78 is 3.26. The number of carbonyl (C=O) groups excluding carboxylic acids is 1. The molecule has 3 rings (SSSR count). The van der Waals surface area contributed by atoms with E-state index in [4.69, 9.17) is 0 Å². The summed E-state index contributed by atoms with van der Waals surface area (Å²) in [5.41, 5.74) is 0.649. The van der Waals surface area contributed by atoms with Gasteiger partial charge in [0, 0.05) is 44.1 Å². The van der Waals surface area contributed by atoms with Crippen LogP contribution in [0.2, 0.25) is 0 Å². The number of urea groups is 1. The number of nitrogens with one attached hydrogen (secondary N) is 2. The van der Waals surface area contributed by atoms with Gasteiger partial charge in [-0.1, -0.05) is 0 Å². The third-order valence-electron chi connectivity index (χ3n) is 3.80. The molecule has 2 aromatic heterocycles. The number of anilines is 1. The monoisotopic (exact) mass is 316 g/mol. The Kier molecular flexibility index (Phi) is 4.70. The van der Waals surface area contributed by atoms with E-state index >= 15 is 0 Å². The molecule has 1 aliphatic heterocycles. The molecule has 0 saturated carbocycles. The Hall–Kier alpha value is -2.64. The van der Waals surface area contributed by atoms with Crippen LogP contribution < -0.4 is 16.3 Å². The maximum atomic E-state index is 12.1. The summed E-state index contributed by atoms with van der Waals surface area (Å²) in [4.78, 5) is 27.7. The zero-order valence-corrected chi connectivity index (χ0v) is 12.9. The number of amides is 2. The summed E-state index contributed by atoms with van der Waals surface area (Å²) in [5, 5.41) is 9.84. The van der Waals surface area contributed by atoms with Gasteiger partial charge in [-0.3, -0.25) is 9.55 Å². The zero-order valence-electron chi connectivity index (χ0n) is 12.9. The topological polar surface area (TPSA) is 93.8 Å². The molecule has 2 aromatic rings. The molecule has 2 N–H and O–H groups in total. The van der Waals surface area contributed by atoms with Crippen LogP contribution in [0.5, 0.6) is 0 Å². The largest absolute Gasteiger partial charge is 0.345 e. The third-order valence-corrected chi connectivity index (χ3v) is 3.80. The molecule has 0 radical (unpaired) electrons. The van der Waals surface area contributed by atoms with E-state index in [2.05, 4.69) is 20.7 Å². The number of rotatable bonds is 5. The molecule has 2 amide bonds. The molecule has 23 heavy (non-hydrogen) atoms. The second-order valence-electron chi connectivity index (χ2n) is 5.50. The first-order chi connectivity index (χ1) is 11.2. The number of nitrogens with zero attached hydrogens (tertiary/aromatic N) is 4. The van der Waals surface area contributed by atoms with Gasteiger partial charge in [0.05, 0.1) is 0 Å². The maximum Gasteiger partial charge on any atom is 0.345 e. The Morgan fingerprint density at radius 1 is 1.26 bits per heavy atom. The van der Waals surface area contributed by atoms with Gasteiger partial charge in [0.25, 0.3) is 0 Å². The Morgan fingerprint density at radius 2 is 2.09 bits per heavy atom. The Morgan fingerprint density at radius 3 is 2.87 bits per heavy atom. The van der Waals surface area contributed by atoms with E-state index in [9.17, 15) is 9.59 Å². The van der Waals surface area contributed by atoms with Crippen molar-refractivity contribution in [1.29, 1.82) is 0 Å². The quantitative estimate of drug-likeness (QED) is 0.804. The number of hydrogen-bond acceptors (Lipinski definition) is 4. The molecule has 0 bridgehead atoms. The Bertz CT molecular complexity index is 721. The van der Waals surface area contributed by atoms with Crippen LogP contribution in [0.3, 0.4) is 0 Å². The molecule has 0 aromatic carbocycles. The van der Waals surface area contributed by atoms with Crippen LogP contribution in [0, 0.1) is 0 Å². The second-order valence-corrected chi connectivity index (χ2v) is 5.50. The van der Waals surface area contributed by atoms with Crippen molar-refractivity contribution in [3.8, 4) is 0 Å². The maximum absolute atomic E-state index is 12.1. The predicted molar refractivity (Wildman–Crippen MR) is 85.3 cm³/mol. The number of hydrogen-bond donors (Lipinski definition) is 2. The Balaban J connectivity index is 1.44. The lowest BCUT2D eigenvalue weighted by Gasteiger charge is -2.09. The smallest absolute Gasteiger partial charge is 0.338 e. The fourth-order valence-electron chi connectivity index (χ4n) is 2.64. The molecule has 0 spiro atoms. The third kappa shape index (κ3) is 3.77. The van der Waals surface area contributed by atoms with E-state index in [1.54, 1.807) is 29.1 Å². The zero-order chi connectivity index (χ0) is 16.1. The van der Waals surface area contributed by atoms with Gasteiger partial charge in [-0.25, -0.2) is 14.3 Å². The van der Waals surface area contributed by atoms with Gasteiger partial charge in [0.15, 0.2) is 0 Å². The molecular weight excluding hydrogens is 296 g/mol. The van der Waals surface area contributed by atoms with Crippen molar-refractivity contribution in [3.05, 3.63) is 40.8 Å². The summed E-state index contributed by atoms with van der Waals surface area (Å²) >= 11 is 0. The van der Waals surface area contributed by atoms with E-state index in [0.29, 0.717) is 25.2 Å².